The Hall–Kier alpha value is -0.670. The minimum atomic E-state index is -6.44. The number of rotatable bonds is 11. The van der Waals surface area contributed by atoms with E-state index in [9.17, 15) is 39.5 Å². The minimum absolute atomic E-state index is 0.116. The van der Waals surface area contributed by atoms with Gasteiger partial charge in [-0.1, -0.05) is 38.5 Å². The largest absolute Gasteiger partial charge is 0.412 e. The summed E-state index contributed by atoms with van der Waals surface area (Å²) in [4.78, 5) is 0. The molecule has 0 aromatic carbocycles. The number of hydrogen-bond donors (Lipinski definition) is 0. The van der Waals surface area contributed by atoms with Crippen LogP contribution in [0.2, 0.25) is 0 Å². The predicted octanol–water partition coefficient (Wildman–Crippen LogP) is 6.82. The van der Waals surface area contributed by atoms with Gasteiger partial charge in [-0.2, -0.15) is 39.5 Å². The van der Waals surface area contributed by atoms with E-state index in [1.165, 1.54) is 0 Å². The van der Waals surface area contributed by atoms with Crippen molar-refractivity contribution in [3.63, 3.8) is 0 Å². The number of halogens is 9. The van der Waals surface area contributed by atoms with Crippen molar-refractivity contribution in [2.75, 3.05) is 13.2 Å². The van der Waals surface area contributed by atoms with E-state index in [1.54, 1.807) is 0 Å². The van der Waals surface area contributed by atoms with Crippen molar-refractivity contribution in [2.24, 2.45) is 5.41 Å². The number of unbranched alkanes of at least 4 members (excludes halogenated alkanes) is 6. The van der Waals surface area contributed by atoms with Crippen LogP contribution in [0.1, 0.15) is 58.3 Å². The van der Waals surface area contributed by atoms with Crippen molar-refractivity contribution in [3.8, 4) is 0 Å². The monoisotopic (exact) mass is 390 g/mol. The van der Waals surface area contributed by atoms with E-state index in [4.69, 9.17) is 4.74 Å². The molecule has 0 atom stereocenters. The van der Waals surface area contributed by atoms with Crippen molar-refractivity contribution in [1.29, 1.82) is 0 Å². The smallest absolute Gasteiger partial charge is 0.382 e. The molecular weight excluding hydrogens is 367 g/mol. The zero-order chi connectivity index (χ0) is 19.8. The van der Waals surface area contributed by atoms with E-state index in [2.05, 4.69) is 0 Å². The maximum atomic E-state index is 12.7. The fourth-order valence-corrected chi connectivity index (χ4v) is 2.53. The molecule has 0 aliphatic carbocycles. The number of ether oxygens (including phenoxy) is 1. The Morgan fingerprint density at radius 2 is 0.920 bits per heavy atom. The van der Waals surface area contributed by atoms with Crippen LogP contribution >= 0.6 is 0 Å². The zero-order valence-electron chi connectivity index (χ0n) is 13.9. The van der Waals surface area contributed by atoms with Crippen LogP contribution < -0.4 is 0 Å². The van der Waals surface area contributed by atoms with Gasteiger partial charge < -0.3 is 4.74 Å². The van der Waals surface area contributed by atoms with Crippen molar-refractivity contribution in [2.45, 2.75) is 76.8 Å². The predicted molar refractivity (Wildman–Crippen MR) is 74.0 cm³/mol. The van der Waals surface area contributed by atoms with Crippen LogP contribution in [0.15, 0.2) is 0 Å². The summed E-state index contributed by atoms with van der Waals surface area (Å²) in [6, 6.07) is 0. The Morgan fingerprint density at radius 3 is 1.28 bits per heavy atom. The topological polar surface area (TPSA) is 9.23 Å². The average Bonchev–Trinajstić information content (AvgIpc) is 2.40. The van der Waals surface area contributed by atoms with Gasteiger partial charge in [0.2, 0.25) is 0 Å². The van der Waals surface area contributed by atoms with E-state index in [1.807, 2.05) is 6.92 Å². The molecule has 0 saturated heterocycles. The molecule has 0 spiro atoms. The lowest BCUT2D eigenvalue weighted by Crippen LogP contribution is -2.59. The van der Waals surface area contributed by atoms with Gasteiger partial charge in [0.1, 0.15) is 0 Å². The third-order valence-corrected chi connectivity index (χ3v) is 4.00. The summed E-state index contributed by atoms with van der Waals surface area (Å²) in [6.07, 6.45) is -19.2. The summed E-state index contributed by atoms with van der Waals surface area (Å²) in [5, 5.41) is 0. The lowest BCUT2D eigenvalue weighted by atomic mass is 9.80. The van der Waals surface area contributed by atoms with Gasteiger partial charge in [-0.05, 0) is 19.8 Å². The second-order valence-corrected chi connectivity index (χ2v) is 5.82. The highest BCUT2D eigenvalue weighted by Crippen LogP contribution is 2.61. The highest BCUT2D eigenvalue weighted by molar-refractivity contribution is 4.99. The third-order valence-electron chi connectivity index (χ3n) is 4.00. The Morgan fingerprint density at radius 1 is 0.560 bits per heavy atom. The molecule has 0 aromatic heterocycles. The van der Waals surface area contributed by atoms with Crippen molar-refractivity contribution >= 4 is 0 Å². The van der Waals surface area contributed by atoms with Crippen molar-refractivity contribution < 1.29 is 44.3 Å². The minimum Gasteiger partial charge on any atom is -0.382 e. The Kier molecular flexibility index (Phi) is 9.61. The molecule has 0 rings (SSSR count). The summed E-state index contributed by atoms with van der Waals surface area (Å²) >= 11 is 0. The lowest BCUT2D eigenvalue weighted by Gasteiger charge is -2.38. The van der Waals surface area contributed by atoms with Crippen LogP contribution in [0.5, 0.6) is 0 Å². The summed E-state index contributed by atoms with van der Waals surface area (Å²) in [5.41, 5.74) is -5.66. The standard InChI is InChI=1S/C15H23F9O/c1-2-25-11-9-7-5-3-4-6-8-10-12(13(16,17)18,14(19,20)21)15(22,23)24/h2-11H2,1H3. The van der Waals surface area contributed by atoms with Crippen LogP contribution in [0, 0.1) is 5.41 Å². The summed E-state index contributed by atoms with van der Waals surface area (Å²) in [7, 11) is 0. The molecule has 152 valence electrons. The summed E-state index contributed by atoms with van der Waals surface area (Å²) < 4.78 is 119. The molecule has 1 nitrogen and oxygen atoms in total. The molecule has 0 unspecified atom stereocenters. The summed E-state index contributed by atoms with van der Waals surface area (Å²) in [6.45, 7) is 2.99. The molecule has 25 heavy (non-hydrogen) atoms. The Bertz CT molecular complexity index is 321. The molecule has 0 aliphatic rings. The number of alkyl halides is 9. The molecule has 0 fully saturated rings. The van der Waals surface area contributed by atoms with Gasteiger partial charge in [-0.15, -0.1) is 0 Å². The normalized spacial score (nSPS) is 14.2. The maximum Gasteiger partial charge on any atom is 0.412 e. The van der Waals surface area contributed by atoms with Crippen molar-refractivity contribution in [3.05, 3.63) is 0 Å². The fourth-order valence-electron chi connectivity index (χ4n) is 2.53. The van der Waals surface area contributed by atoms with Crippen LogP contribution in [0.4, 0.5) is 39.5 Å². The first-order valence-electron chi connectivity index (χ1n) is 8.09. The van der Waals surface area contributed by atoms with E-state index < -0.39 is 36.8 Å². The Labute approximate surface area is 140 Å². The van der Waals surface area contributed by atoms with Crippen molar-refractivity contribution in [1.82, 2.24) is 0 Å². The molecule has 0 bridgehead atoms. The number of hydrogen-bond acceptors (Lipinski definition) is 1. The van der Waals surface area contributed by atoms with Crippen LogP contribution in [0.25, 0.3) is 0 Å². The van der Waals surface area contributed by atoms with Crippen LogP contribution in [-0.4, -0.2) is 31.7 Å². The second kappa shape index (κ2) is 9.87. The Balaban J connectivity index is 4.49. The lowest BCUT2D eigenvalue weighted by molar-refractivity contribution is -0.429. The van der Waals surface area contributed by atoms with Gasteiger partial charge >= 0.3 is 18.5 Å². The van der Waals surface area contributed by atoms with Gasteiger partial charge in [0.25, 0.3) is 5.41 Å². The van der Waals surface area contributed by atoms with Gasteiger partial charge in [-0.25, -0.2) is 0 Å². The highest BCUT2D eigenvalue weighted by Gasteiger charge is 2.82. The first kappa shape index (κ1) is 24.3. The molecule has 0 aromatic rings. The summed E-state index contributed by atoms with van der Waals surface area (Å²) in [5.74, 6) is 0. The molecule has 0 amide bonds. The zero-order valence-corrected chi connectivity index (χ0v) is 13.9. The molecular formula is C15H23F9O. The fraction of sp³-hybridized carbons (Fsp3) is 1.00. The molecule has 0 saturated carbocycles. The van der Waals surface area contributed by atoms with E-state index in [0.717, 1.165) is 12.8 Å². The van der Waals surface area contributed by atoms with E-state index in [-0.39, 0.29) is 12.8 Å². The highest BCUT2D eigenvalue weighted by atomic mass is 19.4. The van der Waals surface area contributed by atoms with Gasteiger partial charge in [-0.3, -0.25) is 0 Å². The second-order valence-electron chi connectivity index (χ2n) is 5.82. The molecule has 0 heterocycles. The SMILES string of the molecule is CCOCCCCCCCCCC(C(F)(F)F)(C(F)(F)F)C(F)(F)F. The molecule has 10 heteroatoms. The van der Waals surface area contributed by atoms with E-state index in [0.29, 0.717) is 26.1 Å². The molecule has 0 aliphatic heterocycles. The third kappa shape index (κ3) is 6.86. The van der Waals surface area contributed by atoms with Gasteiger partial charge in [0.15, 0.2) is 0 Å². The van der Waals surface area contributed by atoms with Gasteiger partial charge in [0, 0.05) is 13.2 Å². The molecule has 0 N–H and O–H groups in total. The van der Waals surface area contributed by atoms with Crippen LogP contribution in [-0.2, 0) is 4.74 Å². The van der Waals surface area contributed by atoms with E-state index >= 15 is 0 Å². The average molecular weight is 390 g/mol. The van der Waals surface area contributed by atoms with Crippen LogP contribution in [0.3, 0.4) is 0 Å². The molecule has 0 radical (unpaired) electrons. The quantitative estimate of drug-likeness (QED) is 0.278. The first-order chi connectivity index (χ1) is 11.3. The maximum absolute atomic E-state index is 12.7. The van der Waals surface area contributed by atoms with Gasteiger partial charge in [0.05, 0.1) is 0 Å². The first-order valence-corrected chi connectivity index (χ1v) is 8.09.